The summed E-state index contributed by atoms with van der Waals surface area (Å²) >= 11 is 2.22. The van der Waals surface area contributed by atoms with Crippen LogP contribution in [-0.4, -0.2) is 14.9 Å². The molecule has 3 aromatic heterocycles. The van der Waals surface area contributed by atoms with Crippen molar-refractivity contribution >= 4 is 38.7 Å². The van der Waals surface area contributed by atoms with Crippen molar-refractivity contribution in [2.75, 3.05) is 0 Å². The number of benzene rings is 1. The number of hydrogen-bond donors (Lipinski definition) is 0. The molecule has 10 heteroatoms. The number of fused-ring (bicyclic) bond motifs is 1. The van der Waals surface area contributed by atoms with Gasteiger partial charge in [0, 0.05) is 24.9 Å². The van der Waals surface area contributed by atoms with E-state index in [4.69, 9.17) is 0 Å². The maximum Gasteiger partial charge on any atom is 0.416 e. The lowest BCUT2D eigenvalue weighted by Gasteiger charge is -2.12. The first kappa shape index (κ1) is 24.2. The third-order valence-corrected chi connectivity index (χ3v) is 7.52. The molecule has 0 saturated carbocycles. The summed E-state index contributed by atoms with van der Waals surface area (Å²) in [6.45, 7) is 4.12. The molecule has 0 aliphatic rings. The lowest BCUT2D eigenvalue weighted by atomic mass is 9.99. The molecule has 0 N–H and O–H groups in total. The lowest BCUT2D eigenvalue weighted by molar-refractivity contribution is -0.138. The van der Waals surface area contributed by atoms with Crippen molar-refractivity contribution in [3.8, 4) is 0 Å². The number of nitrogens with zero attached hydrogens (tertiary/aromatic N) is 2. The second kappa shape index (κ2) is 8.99. The number of rotatable bonds is 6. The summed E-state index contributed by atoms with van der Waals surface area (Å²) < 4.78 is 43.4. The molecule has 5 nitrogen and oxygen atoms in total. The van der Waals surface area contributed by atoms with Crippen LogP contribution in [0.1, 0.15) is 45.1 Å². The molecule has 0 atom stereocenters. The van der Waals surface area contributed by atoms with E-state index in [0.717, 1.165) is 22.0 Å². The highest BCUT2D eigenvalue weighted by Crippen LogP contribution is 2.37. The Hall–Kier alpha value is -2.98. The Labute approximate surface area is 200 Å². The highest BCUT2D eigenvalue weighted by Gasteiger charge is 2.34. The van der Waals surface area contributed by atoms with Gasteiger partial charge in [-0.05, 0) is 29.0 Å². The predicted molar refractivity (Wildman–Crippen MR) is 128 cm³/mol. The standard InChI is InChI=1S/C24H21F3N2O3S2/c1-13(2)12-29-22-19(21(31)28(3)23(29)32)18(20(30)16-9-6-10-33-16)17(34-22)11-14-7-4-5-8-15(14)24(25,26)27/h4-10,13H,11-12H2,1-3H3. The van der Waals surface area contributed by atoms with Gasteiger partial charge in [0.15, 0.2) is 0 Å². The summed E-state index contributed by atoms with van der Waals surface area (Å²) in [6.07, 6.45) is -4.76. The zero-order chi connectivity index (χ0) is 24.8. The summed E-state index contributed by atoms with van der Waals surface area (Å²) in [4.78, 5) is 40.6. The van der Waals surface area contributed by atoms with Gasteiger partial charge < -0.3 is 0 Å². The van der Waals surface area contributed by atoms with E-state index in [9.17, 15) is 27.6 Å². The molecule has 0 aliphatic carbocycles. The molecule has 0 saturated heterocycles. The van der Waals surface area contributed by atoms with Gasteiger partial charge in [0.1, 0.15) is 4.83 Å². The van der Waals surface area contributed by atoms with Gasteiger partial charge >= 0.3 is 11.9 Å². The smallest absolute Gasteiger partial charge is 0.288 e. The van der Waals surface area contributed by atoms with E-state index in [2.05, 4.69) is 0 Å². The number of ketones is 1. The lowest BCUT2D eigenvalue weighted by Crippen LogP contribution is -2.38. The number of halogens is 3. The Bertz CT molecular complexity index is 1490. The van der Waals surface area contributed by atoms with Crippen molar-refractivity contribution in [3.63, 3.8) is 0 Å². The highest BCUT2D eigenvalue weighted by molar-refractivity contribution is 7.19. The van der Waals surface area contributed by atoms with Crippen LogP contribution < -0.4 is 11.2 Å². The van der Waals surface area contributed by atoms with Crippen LogP contribution in [0.3, 0.4) is 0 Å². The fourth-order valence-corrected chi connectivity index (χ4v) is 5.90. The van der Waals surface area contributed by atoms with Gasteiger partial charge in [0.25, 0.3) is 5.56 Å². The Balaban J connectivity index is 2.05. The number of aromatic nitrogens is 2. The highest BCUT2D eigenvalue weighted by atomic mass is 32.1. The number of hydrogen-bond acceptors (Lipinski definition) is 5. The van der Waals surface area contributed by atoms with E-state index in [1.165, 1.54) is 41.2 Å². The molecule has 178 valence electrons. The fraction of sp³-hybridized carbons (Fsp3) is 0.292. The van der Waals surface area contributed by atoms with Crippen molar-refractivity contribution in [2.45, 2.75) is 33.0 Å². The third-order valence-electron chi connectivity index (χ3n) is 5.44. The average molecular weight is 507 g/mol. The Morgan fingerprint density at radius 2 is 1.79 bits per heavy atom. The molecule has 0 radical (unpaired) electrons. The van der Waals surface area contributed by atoms with Crippen LogP contribution in [0, 0.1) is 5.92 Å². The van der Waals surface area contributed by atoms with Crippen molar-refractivity contribution in [2.24, 2.45) is 13.0 Å². The first-order valence-electron chi connectivity index (χ1n) is 10.5. The second-order valence-corrected chi connectivity index (χ2v) is 10.4. The summed E-state index contributed by atoms with van der Waals surface area (Å²) in [5.41, 5.74) is -1.89. The molecular weight excluding hydrogens is 485 g/mol. The van der Waals surface area contributed by atoms with E-state index in [0.29, 0.717) is 21.1 Å². The van der Waals surface area contributed by atoms with Gasteiger partial charge in [-0.15, -0.1) is 22.7 Å². The number of carbonyl (C=O) groups is 1. The van der Waals surface area contributed by atoms with Crippen molar-refractivity contribution in [3.05, 3.63) is 89.1 Å². The van der Waals surface area contributed by atoms with E-state index in [-0.39, 0.29) is 28.9 Å². The Kier molecular flexibility index (Phi) is 6.39. The first-order valence-corrected chi connectivity index (χ1v) is 12.2. The first-order chi connectivity index (χ1) is 16.0. The van der Waals surface area contributed by atoms with E-state index in [1.807, 2.05) is 13.8 Å². The van der Waals surface area contributed by atoms with Gasteiger partial charge in [0.2, 0.25) is 5.78 Å². The number of alkyl halides is 3. The molecule has 1 aromatic carbocycles. The summed E-state index contributed by atoms with van der Waals surface area (Å²) in [6, 6.07) is 8.48. The van der Waals surface area contributed by atoms with Crippen LogP contribution in [-0.2, 0) is 26.2 Å². The SMILES string of the molecule is CC(C)Cn1c(=O)n(C)c(=O)c2c(C(=O)c3cccs3)c(Cc3ccccc3C(F)(F)F)sc21. The van der Waals surface area contributed by atoms with Crippen LogP contribution >= 0.6 is 22.7 Å². The van der Waals surface area contributed by atoms with Crippen LogP contribution in [0.15, 0.2) is 51.4 Å². The topological polar surface area (TPSA) is 61.1 Å². The molecule has 34 heavy (non-hydrogen) atoms. The van der Waals surface area contributed by atoms with Crippen molar-refractivity contribution in [1.82, 2.24) is 9.13 Å². The van der Waals surface area contributed by atoms with Gasteiger partial charge in [0.05, 0.1) is 21.4 Å². The molecule has 0 unspecified atom stereocenters. The van der Waals surface area contributed by atoms with Crippen LogP contribution in [0.25, 0.3) is 10.2 Å². The van der Waals surface area contributed by atoms with Gasteiger partial charge in [-0.25, -0.2) is 4.79 Å². The normalized spacial score (nSPS) is 12.1. The minimum absolute atomic E-state index is 0.00336. The zero-order valence-corrected chi connectivity index (χ0v) is 20.2. The fourth-order valence-electron chi connectivity index (χ4n) is 3.92. The zero-order valence-electron chi connectivity index (χ0n) is 18.6. The Morgan fingerprint density at radius 3 is 2.41 bits per heavy atom. The minimum atomic E-state index is -4.57. The molecule has 0 fully saturated rings. The van der Waals surface area contributed by atoms with E-state index in [1.54, 1.807) is 17.5 Å². The second-order valence-electron chi connectivity index (χ2n) is 8.37. The summed E-state index contributed by atoms with van der Waals surface area (Å²) in [5, 5.41) is 1.79. The molecule has 4 aromatic rings. The van der Waals surface area contributed by atoms with Crippen LogP contribution in [0.5, 0.6) is 0 Å². The largest absolute Gasteiger partial charge is 0.416 e. The van der Waals surface area contributed by atoms with Gasteiger partial charge in [-0.1, -0.05) is 38.1 Å². The molecule has 4 rings (SSSR count). The molecule has 0 amide bonds. The monoisotopic (exact) mass is 506 g/mol. The van der Waals surface area contributed by atoms with E-state index >= 15 is 0 Å². The maximum atomic E-state index is 13.7. The molecule has 3 heterocycles. The third kappa shape index (κ3) is 4.27. The Morgan fingerprint density at radius 1 is 1.09 bits per heavy atom. The predicted octanol–water partition coefficient (Wildman–Crippen LogP) is 5.32. The molecular formula is C24H21F3N2O3S2. The molecule has 0 bridgehead atoms. The van der Waals surface area contributed by atoms with Crippen LogP contribution in [0.2, 0.25) is 0 Å². The molecule has 0 spiro atoms. The molecule has 0 aliphatic heterocycles. The van der Waals surface area contributed by atoms with Crippen molar-refractivity contribution < 1.29 is 18.0 Å². The average Bonchev–Trinajstić information content (AvgIpc) is 3.43. The van der Waals surface area contributed by atoms with E-state index < -0.39 is 28.8 Å². The van der Waals surface area contributed by atoms with Crippen molar-refractivity contribution in [1.29, 1.82) is 0 Å². The van der Waals surface area contributed by atoms with Gasteiger partial charge in [-0.3, -0.25) is 18.7 Å². The number of thiophene rings is 2. The maximum absolute atomic E-state index is 13.7. The van der Waals surface area contributed by atoms with Crippen LogP contribution in [0.4, 0.5) is 13.2 Å². The summed E-state index contributed by atoms with van der Waals surface area (Å²) in [5.74, 6) is -0.376. The minimum Gasteiger partial charge on any atom is -0.288 e. The summed E-state index contributed by atoms with van der Waals surface area (Å²) in [7, 11) is 1.34. The number of carbonyl (C=O) groups excluding carboxylic acids is 1. The van der Waals surface area contributed by atoms with Gasteiger partial charge in [-0.2, -0.15) is 13.2 Å². The quantitative estimate of drug-likeness (QED) is 0.333.